The van der Waals surface area contributed by atoms with Gasteiger partial charge in [-0.2, -0.15) is 5.26 Å². The number of hydrogen-bond acceptors (Lipinski definition) is 4. The van der Waals surface area contributed by atoms with E-state index in [1.165, 1.54) is 12.1 Å². The third-order valence-electron chi connectivity index (χ3n) is 3.97. The number of piperazine rings is 1. The second kappa shape index (κ2) is 9.23. The average Bonchev–Trinajstić information content (AvgIpc) is 2.55. The SMILES string of the molecule is N#CCCCCN1CCN(CC(=O)Nc2ccc(F)cc2)CC1. The lowest BCUT2D eigenvalue weighted by atomic mass is 10.2. The van der Waals surface area contributed by atoms with Gasteiger partial charge >= 0.3 is 0 Å². The van der Waals surface area contributed by atoms with Crippen molar-refractivity contribution in [2.75, 3.05) is 44.6 Å². The first kappa shape index (κ1) is 17.4. The van der Waals surface area contributed by atoms with Crippen molar-refractivity contribution in [1.82, 2.24) is 9.80 Å². The molecule has 0 unspecified atom stereocenters. The smallest absolute Gasteiger partial charge is 0.238 e. The number of rotatable bonds is 7. The lowest BCUT2D eigenvalue weighted by molar-refractivity contribution is -0.117. The minimum atomic E-state index is -0.311. The van der Waals surface area contributed by atoms with E-state index in [1.54, 1.807) is 12.1 Å². The highest BCUT2D eigenvalue weighted by Crippen LogP contribution is 2.09. The van der Waals surface area contributed by atoms with Gasteiger partial charge in [-0.15, -0.1) is 0 Å². The molecule has 5 nitrogen and oxygen atoms in total. The largest absolute Gasteiger partial charge is 0.325 e. The van der Waals surface area contributed by atoms with Crippen LogP contribution in [0.4, 0.5) is 10.1 Å². The van der Waals surface area contributed by atoms with Gasteiger partial charge in [0.1, 0.15) is 5.82 Å². The normalized spacial score (nSPS) is 16.0. The summed E-state index contributed by atoms with van der Waals surface area (Å²) in [5, 5.41) is 11.3. The summed E-state index contributed by atoms with van der Waals surface area (Å²) in [7, 11) is 0. The van der Waals surface area contributed by atoms with Crippen LogP contribution in [0.1, 0.15) is 19.3 Å². The quantitative estimate of drug-likeness (QED) is 0.782. The topological polar surface area (TPSA) is 59.4 Å². The third kappa shape index (κ3) is 6.35. The van der Waals surface area contributed by atoms with Crippen molar-refractivity contribution in [2.24, 2.45) is 0 Å². The van der Waals surface area contributed by atoms with Crippen molar-refractivity contribution in [3.8, 4) is 6.07 Å². The number of carbonyl (C=O) groups excluding carboxylic acids is 1. The summed E-state index contributed by atoms with van der Waals surface area (Å²) in [5.74, 6) is -0.382. The van der Waals surface area contributed by atoms with E-state index in [9.17, 15) is 9.18 Å². The van der Waals surface area contributed by atoms with Crippen LogP contribution in [0.5, 0.6) is 0 Å². The van der Waals surface area contributed by atoms with E-state index < -0.39 is 0 Å². The van der Waals surface area contributed by atoms with Gasteiger partial charge in [0, 0.05) is 38.3 Å². The van der Waals surface area contributed by atoms with Crippen LogP contribution in [-0.2, 0) is 4.79 Å². The molecule has 1 aliphatic heterocycles. The highest BCUT2D eigenvalue weighted by Gasteiger charge is 2.18. The fourth-order valence-electron chi connectivity index (χ4n) is 2.65. The van der Waals surface area contributed by atoms with E-state index in [0.717, 1.165) is 45.6 Å². The molecule has 0 bridgehead atoms. The Hall–Kier alpha value is -1.97. The van der Waals surface area contributed by atoms with Crippen molar-refractivity contribution in [3.05, 3.63) is 30.1 Å². The van der Waals surface area contributed by atoms with Gasteiger partial charge in [0.15, 0.2) is 0 Å². The summed E-state index contributed by atoms with van der Waals surface area (Å²) in [5.41, 5.74) is 0.618. The fraction of sp³-hybridized carbons (Fsp3) is 0.529. The van der Waals surface area contributed by atoms with Gasteiger partial charge in [-0.25, -0.2) is 4.39 Å². The third-order valence-corrected chi connectivity index (χ3v) is 3.97. The maximum atomic E-state index is 12.8. The highest BCUT2D eigenvalue weighted by molar-refractivity contribution is 5.92. The monoisotopic (exact) mass is 318 g/mol. The summed E-state index contributed by atoms with van der Waals surface area (Å²) >= 11 is 0. The van der Waals surface area contributed by atoms with Crippen LogP contribution in [0, 0.1) is 17.1 Å². The maximum absolute atomic E-state index is 12.8. The van der Waals surface area contributed by atoms with Gasteiger partial charge in [0.25, 0.3) is 0 Å². The van der Waals surface area contributed by atoms with E-state index in [2.05, 4.69) is 21.2 Å². The maximum Gasteiger partial charge on any atom is 0.238 e. The van der Waals surface area contributed by atoms with Crippen LogP contribution in [0.25, 0.3) is 0 Å². The van der Waals surface area contributed by atoms with E-state index in [4.69, 9.17) is 5.26 Å². The first-order chi connectivity index (χ1) is 11.2. The summed E-state index contributed by atoms with van der Waals surface area (Å²) < 4.78 is 12.8. The molecule has 0 aliphatic carbocycles. The number of amides is 1. The minimum absolute atomic E-state index is 0.0703. The number of benzene rings is 1. The van der Waals surface area contributed by atoms with E-state index in [-0.39, 0.29) is 11.7 Å². The van der Waals surface area contributed by atoms with Crippen LogP contribution >= 0.6 is 0 Å². The first-order valence-corrected chi connectivity index (χ1v) is 8.04. The lowest BCUT2D eigenvalue weighted by Gasteiger charge is -2.34. The molecule has 0 radical (unpaired) electrons. The molecule has 1 aromatic rings. The molecule has 1 fully saturated rings. The molecule has 1 amide bonds. The molecule has 1 saturated heterocycles. The number of halogens is 1. The first-order valence-electron chi connectivity index (χ1n) is 8.04. The minimum Gasteiger partial charge on any atom is -0.325 e. The highest BCUT2D eigenvalue weighted by atomic mass is 19.1. The summed E-state index contributed by atoms with van der Waals surface area (Å²) in [6.45, 7) is 5.04. The summed E-state index contributed by atoms with van der Waals surface area (Å²) in [6.07, 6.45) is 2.64. The van der Waals surface area contributed by atoms with Gasteiger partial charge in [-0.05, 0) is 43.7 Å². The lowest BCUT2D eigenvalue weighted by Crippen LogP contribution is -2.48. The predicted octanol–water partition coefficient (Wildman–Crippen LogP) is 2.08. The van der Waals surface area contributed by atoms with Gasteiger partial charge < -0.3 is 10.2 Å². The standard InChI is InChI=1S/C17H23FN4O/c18-15-4-6-16(7-5-15)20-17(23)14-22-12-10-21(11-13-22)9-3-1-2-8-19/h4-7H,1-3,9-14H2,(H,20,23). The Kier molecular flexibility index (Phi) is 6.98. The molecule has 23 heavy (non-hydrogen) atoms. The zero-order chi connectivity index (χ0) is 16.5. The number of nitrogens with one attached hydrogen (secondary N) is 1. The Morgan fingerprint density at radius 2 is 1.78 bits per heavy atom. The number of anilines is 1. The van der Waals surface area contributed by atoms with Crippen LogP contribution in [-0.4, -0.2) is 55.0 Å². The molecule has 1 aromatic carbocycles. The van der Waals surface area contributed by atoms with Gasteiger partial charge in [-0.1, -0.05) is 0 Å². The van der Waals surface area contributed by atoms with Crippen molar-refractivity contribution >= 4 is 11.6 Å². The van der Waals surface area contributed by atoms with Gasteiger partial charge in [0.2, 0.25) is 5.91 Å². The molecule has 1 N–H and O–H groups in total. The number of nitrogens with zero attached hydrogens (tertiary/aromatic N) is 3. The van der Waals surface area contributed by atoms with Crippen molar-refractivity contribution < 1.29 is 9.18 Å². The Morgan fingerprint density at radius 3 is 2.43 bits per heavy atom. The number of carbonyl (C=O) groups is 1. The molecule has 6 heteroatoms. The van der Waals surface area contributed by atoms with E-state index >= 15 is 0 Å². The molecular formula is C17H23FN4O. The van der Waals surface area contributed by atoms with E-state index in [1.807, 2.05) is 0 Å². The Balaban J connectivity index is 1.64. The van der Waals surface area contributed by atoms with Crippen molar-refractivity contribution in [1.29, 1.82) is 5.26 Å². The molecule has 2 rings (SSSR count). The zero-order valence-electron chi connectivity index (χ0n) is 13.3. The van der Waals surface area contributed by atoms with Gasteiger partial charge in [-0.3, -0.25) is 9.69 Å². The number of nitriles is 1. The molecule has 124 valence electrons. The molecule has 1 heterocycles. The molecule has 1 aliphatic rings. The average molecular weight is 318 g/mol. The molecule has 0 atom stereocenters. The van der Waals surface area contributed by atoms with Crippen molar-refractivity contribution in [3.63, 3.8) is 0 Å². The molecule has 0 spiro atoms. The Labute approximate surface area is 136 Å². The van der Waals surface area contributed by atoms with Crippen LogP contribution in [0.3, 0.4) is 0 Å². The zero-order valence-corrected chi connectivity index (χ0v) is 13.3. The fourth-order valence-corrected chi connectivity index (χ4v) is 2.65. The summed E-state index contributed by atoms with van der Waals surface area (Å²) in [4.78, 5) is 16.5. The second-order valence-electron chi connectivity index (χ2n) is 5.79. The molecule has 0 aromatic heterocycles. The van der Waals surface area contributed by atoms with Crippen LogP contribution < -0.4 is 5.32 Å². The van der Waals surface area contributed by atoms with Crippen LogP contribution in [0.2, 0.25) is 0 Å². The Bertz CT molecular complexity index is 533. The predicted molar refractivity (Wildman–Crippen MR) is 87.4 cm³/mol. The Morgan fingerprint density at radius 1 is 1.13 bits per heavy atom. The summed E-state index contributed by atoms with van der Waals surface area (Å²) in [6, 6.07) is 7.96. The number of hydrogen-bond donors (Lipinski definition) is 1. The van der Waals surface area contributed by atoms with Gasteiger partial charge in [0.05, 0.1) is 12.6 Å². The van der Waals surface area contributed by atoms with Crippen LogP contribution in [0.15, 0.2) is 24.3 Å². The van der Waals surface area contributed by atoms with Crippen molar-refractivity contribution in [2.45, 2.75) is 19.3 Å². The number of unbranched alkanes of at least 4 members (excludes halogenated alkanes) is 2. The van der Waals surface area contributed by atoms with E-state index in [0.29, 0.717) is 18.7 Å². The second-order valence-corrected chi connectivity index (χ2v) is 5.79. The molecular weight excluding hydrogens is 295 g/mol. The molecule has 0 saturated carbocycles.